The highest BCUT2D eigenvalue weighted by molar-refractivity contribution is 5.83. The Labute approximate surface area is 493 Å². The minimum absolute atomic E-state index is 0.0380. The van der Waals surface area contributed by atoms with E-state index in [1.165, 1.54) is 27.7 Å². The van der Waals surface area contributed by atoms with Crippen LogP contribution < -0.4 is 0 Å². The maximum absolute atomic E-state index is 13.5. The van der Waals surface area contributed by atoms with Gasteiger partial charge in [0, 0.05) is 38.5 Å². The van der Waals surface area contributed by atoms with Crippen molar-refractivity contribution in [1.82, 2.24) is 0 Å². The van der Waals surface area contributed by atoms with Crippen LogP contribution in [-0.2, 0) is 85.8 Å². The van der Waals surface area contributed by atoms with E-state index in [1.54, 1.807) is 0 Å². The topological polar surface area (TPSA) is 245 Å². The van der Waals surface area contributed by atoms with Crippen molar-refractivity contribution in [2.24, 2.45) is 0 Å². The number of unbranched alkanes of at least 4 members (excludes halogenated alkanes) is 10. The standard InChI is InChI=1S/C65H98O18/c1-7-9-11-13-15-17-19-21-23-25-27-29-31-33-35-37-56(70)76-47-54(79-58(72)38-36-34-32-30-28-26-24-22-20-18-16-14-12-10-8-2)48-78-65-64(83-61(75)46-42-53(6)69)63(82-60(74)45-41-52(5)68)62(81-59(73)44-40-51(4)67)55(80-65)49-77-57(71)43-39-50(3)66/h9-12,15-18,21-24,54-55,62-65H,7-8,13-14,19-20,25-49H2,1-6H3/b11-9+,12-10+,17-15+,18-16+,23-21+,24-22+/t54?,55-,62+,63+,64-,65-/m1/s1. The van der Waals surface area contributed by atoms with Crippen LogP contribution in [0.2, 0.25) is 0 Å². The molecule has 83 heavy (non-hydrogen) atoms. The van der Waals surface area contributed by atoms with Gasteiger partial charge in [0.1, 0.15) is 42.5 Å². The molecule has 1 saturated heterocycles. The van der Waals surface area contributed by atoms with E-state index in [0.717, 1.165) is 103 Å². The van der Waals surface area contributed by atoms with E-state index in [2.05, 4.69) is 86.8 Å². The van der Waals surface area contributed by atoms with Gasteiger partial charge in [-0.25, -0.2) is 0 Å². The molecule has 0 saturated carbocycles. The lowest BCUT2D eigenvalue weighted by Gasteiger charge is -2.44. The van der Waals surface area contributed by atoms with Gasteiger partial charge in [0.2, 0.25) is 0 Å². The molecule has 0 aromatic rings. The number of ketones is 4. The van der Waals surface area contributed by atoms with Crippen molar-refractivity contribution in [2.45, 2.75) is 258 Å². The molecule has 6 atom stereocenters. The molecule has 0 aliphatic carbocycles. The number of hydrogen-bond acceptors (Lipinski definition) is 18. The summed E-state index contributed by atoms with van der Waals surface area (Å²) < 4.78 is 46.9. The van der Waals surface area contributed by atoms with Crippen molar-refractivity contribution in [1.29, 1.82) is 0 Å². The fourth-order valence-corrected chi connectivity index (χ4v) is 8.14. The van der Waals surface area contributed by atoms with Gasteiger partial charge in [-0.2, -0.15) is 0 Å². The van der Waals surface area contributed by atoms with Gasteiger partial charge >= 0.3 is 35.8 Å². The largest absolute Gasteiger partial charge is 0.463 e. The molecule has 18 nitrogen and oxygen atoms in total. The second kappa shape index (κ2) is 49.3. The molecule has 0 aromatic carbocycles. The van der Waals surface area contributed by atoms with E-state index >= 15 is 0 Å². The molecule has 0 radical (unpaired) electrons. The molecule has 1 unspecified atom stereocenters. The SMILES string of the molecule is CC/C=C/C/C=C/C/C=C/CCCCCCCC(=O)OCC(CO[C@@H]1O[C@H](COC(=O)CCC(C)=O)[C@H](OC(=O)CCC(C)=O)[C@H](OC(=O)CCC(C)=O)[C@H]1OC(=O)CCC(C)=O)OC(=O)CCCCCCC/C=C/C/C=C/C/C=C/CC. The second-order valence-corrected chi connectivity index (χ2v) is 20.7. The molecule has 0 spiro atoms. The highest BCUT2D eigenvalue weighted by Gasteiger charge is 2.53. The minimum atomic E-state index is -1.80. The molecular weight excluding hydrogens is 1070 g/mol. The van der Waals surface area contributed by atoms with Crippen molar-refractivity contribution < 1.29 is 85.8 Å². The van der Waals surface area contributed by atoms with Crippen LogP contribution in [0, 0.1) is 0 Å². The number of ether oxygens (including phenoxy) is 8. The number of allylic oxidation sites excluding steroid dienone is 12. The number of rotatable bonds is 49. The van der Waals surface area contributed by atoms with Crippen LogP contribution in [0.25, 0.3) is 0 Å². The highest BCUT2D eigenvalue weighted by atomic mass is 16.7. The number of Topliss-reactive ketones (excluding diaryl/α,β-unsaturated/α-hetero) is 4. The van der Waals surface area contributed by atoms with Crippen molar-refractivity contribution >= 4 is 58.9 Å². The van der Waals surface area contributed by atoms with E-state index in [-0.39, 0.29) is 68.1 Å². The first-order valence-electron chi connectivity index (χ1n) is 30.2. The number of hydrogen-bond donors (Lipinski definition) is 0. The van der Waals surface area contributed by atoms with E-state index in [9.17, 15) is 47.9 Å². The molecule has 18 heteroatoms. The summed E-state index contributed by atoms with van der Waals surface area (Å²) in [6.45, 7) is 7.58. The quantitative estimate of drug-likeness (QED) is 0.0238. The van der Waals surface area contributed by atoms with Gasteiger partial charge in [0.05, 0.1) is 32.3 Å². The third kappa shape index (κ3) is 42.3. The van der Waals surface area contributed by atoms with Crippen LogP contribution in [0.1, 0.15) is 221 Å². The molecule has 1 heterocycles. The number of esters is 6. The van der Waals surface area contributed by atoms with Gasteiger partial charge in [-0.05, 0) is 105 Å². The Kier molecular flexibility index (Phi) is 44.5. The summed E-state index contributed by atoms with van der Waals surface area (Å²) in [7, 11) is 0. The summed E-state index contributed by atoms with van der Waals surface area (Å²) in [5, 5.41) is 0. The molecule has 1 aliphatic heterocycles. The third-order valence-electron chi connectivity index (χ3n) is 12.8. The predicted octanol–water partition coefficient (Wildman–Crippen LogP) is 12.1. The average molecular weight is 1170 g/mol. The fraction of sp³-hybridized carbons (Fsp3) is 0.662. The molecular formula is C65H98O18. The first kappa shape index (κ1) is 74.9. The Morgan fingerprint density at radius 2 is 0.747 bits per heavy atom. The molecule has 1 fully saturated rings. The molecule has 0 bridgehead atoms. The van der Waals surface area contributed by atoms with Gasteiger partial charge < -0.3 is 57.1 Å². The summed E-state index contributed by atoms with van der Waals surface area (Å²) in [5.41, 5.74) is 0. The Morgan fingerprint density at radius 1 is 0.373 bits per heavy atom. The maximum atomic E-state index is 13.5. The lowest BCUT2D eigenvalue weighted by Crippen LogP contribution is -2.63. The fourth-order valence-electron chi connectivity index (χ4n) is 8.14. The summed E-state index contributed by atoms with van der Waals surface area (Å²) in [6.07, 6.45) is 29.7. The van der Waals surface area contributed by atoms with E-state index in [0.29, 0.717) is 12.8 Å². The van der Waals surface area contributed by atoms with Crippen molar-refractivity contribution in [3.05, 3.63) is 72.9 Å². The van der Waals surface area contributed by atoms with Crippen molar-refractivity contribution in [3.63, 3.8) is 0 Å². The van der Waals surface area contributed by atoms with Crippen LogP contribution in [0.15, 0.2) is 72.9 Å². The van der Waals surface area contributed by atoms with E-state index in [4.69, 9.17) is 37.9 Å². The normalized spacial score (nSPS) is 17.6. The number of carbonyl (C=O) groups is 10. The second-order valence-electron chi connectivity index (χ2n) is 20.7. The zero-order valence-electron chi connectivity index (χ0n) is 50.7. The van der Waals surface area contributed by atoms with E-state index < -0.39 is 112 Å². The van der Waals surface area contributed by atoms with E-state index in [1.807, 2.05) is 0 Å². The summed E-state index contributed by atoms with van der Waals surface area (Å²) >= 11 is 0. The number of carbonyl (C=O) groups excluding carboxylic acids is 10. The Bertz CT molecular complexity index is 2120. The Morgan fingerprint density at radius 3 is 1.20 bits per heavy atom. The van der Waals surface area contributed by atoms with Crippen LogP contribution in [0.5, 0.6) is 0 Å². The van der Waals surface area contributed by atoms with Gasteiger partial charge in [0.25, 0.3) is 0 Å². The lowest BCUT2D eigenvalue weighted by molar-refractivity contribution is -0.312. The van der Waals surface area contributed by atoms with Gasteiger partial charge in [0.15, 0.2) is 30.7 Å². The molecule has 466 valence electrons. The zero-order chi connectivity index (χ0) is 61.3. The van der Waals surface area contributed by atoms with Crippen LogP contribution >= 0.6 is 0 Å². The van der Waals surface area contributed by atoms with Gasteiger partial charge in [-0.1, -0.05) is 125 Å². The third-order valence-corrected chi connectivity index (χ3v) is 12.8. The van der Waals surface area contributed by atoms with Crippen LogP contribution in [-0.4, -0.2) is 116 Å². The van der Waals surface area contributed by atoms with Crippen LogP contribution in [0.3, 0.4) is 0 Å². The van der Waals surface area contributed by atoms with Crippen molar-refractivity contribution in [2.75, 3.05) is 19.8 Å². The summed E-state index contributed by atoms with van der Waals surface area (Å²) in [5.74, 6) is -6.28. The first-order chi connectivity index (χ1) is 39.9. The first-order valence-corrected chi connectivity index (χ1v) is 30.2. The predicted molar refractivity (Wildman–Crippen MR) is 314 cm³/mol. The van der Waals surface area contributed by atoms with Crippen molar-refractivity contribution in [3.8, 4) is 0 Å². The average Bonchev–Trinajstić information content (AvgIpc) is 3.32. The Hall–Kier alpha value is -6.14. The molecule has 1 aliphatic rings. The smallest absolute Gasteiger partial charge is 0.306 e. The summed E-state index contributed by atoms with van der Waals surface area (Å²) in [4.78, 5) is 127. The molecule has 0 aromatic heterocycles. The maximum Gasteiger partial charge on any atom is 0.306 e. The summed E-state index contributed by atoms with van der Waals surface area (Å²) in [6, 6.07) is 0. The highest BCUT2D eigenvalue weighted by Crippen LogP contribution is 2.31. The minimum Gasteiger partial charge on any atom is -0.463 e. The zero-order valence-corrected chi connectivity index (χ0v) is 50.7. The molecule has 0 N–H and O–H groups in total. The lowest BCUT2D eigenvalue weighted by atomic mass is 9.97. The molecule has 1 rings (SSSR count). The molecule has 0 amide bonds. The van der Waals surface area contributed by atoms with Gasteiger partial charge in [-0.15, -0.1) is 0 Å². The monoisotopic (exact) mass is 1170 g/mol. The Balaban J connectivity index is 3.40. The van der Waals surface area contributed by atoms with Gasteiger partial charge in [-0.3, -0.25) is 28.8 Å². The van der Waals surface area contributed by atoms with Crippen LogP contribution in [0.4, 0.5) is 0 Å².